The van der Waals surface area contributed by atoms with Gasteiger partial charge in [0.2, 0.25) is 6.08 Å². The summed E-state index contributed by atoms with van der Waals surface area (Å²) in [6.45, 7) is 3.03. The van der Waals surface area contributed by atoms with Crippen molar-refractivity contribution < 1.29 is 13.9 Å². The number of benzene rings is 1. The normalized spacial score (nSPS) is 17.6. The third-order valence-corrected chi connectivity index (χ3v) is 4.08. The van der Waals surface area contributed by atoms with Gasteiger partial charge in [0.05, 0.1) is 7.11 Å². The average molecular weight is 277 g/mol. The van der Waals surface area contributed by atoms with E-state index in [9.17, 15) is 9.18 Å². The Bertz CT molecular complexity index is 536. The molecule has 4 heteroatoms. The number of alkyl halides is 1. The van der Waals surface area contributed by atoms with Crippen LogP contribution >= 0.6 is 0 Å². The van der Waals surface area contributed by atoms with Crippen molar-refractivity contribution in [3.63, 3.8) is 0 Å². The molecule has 1 aliphatic rings. The van der Waals surface area contributed by atoms with E-state index < -0.39 is 11.2 Å². The number of carbonyl (C=O) groups excluding carboxylic acids is 1. The van der Waals surface area contributed by atoms with Gasteiger partial charge >= 0.3 is 0 Å². The van der Waals surface area contributed by atoms with Gasteiger partial charge in [0.25, 0.3) is 0 Å². The molecular formula is C16H20FNO2. The lowest BCUT2D eigenvalue weighted by Crippen LogP contribution is -2.21. The SMILES string of the molecule is COc1ccc(C(C)(C)F)cc1C1(N=C=O)CCCC1. The topological polar surface area (TPSA) is 38.7 Å². The van der Waals surface area contributed by atoms with E-state index >= 15 is 0 Å². The fraction of sp³-hybridized carbons (Fsp3) is 0.562. The number of methoxy groups -OCH3 is 1. The zero-order valence-corrected chi connectivity index (χ0v) is 12.2. The highest BCUT2D eigenvalue weighted by atomic mass is 19.1. The summed E-state index contributed by atoms with van der Waals surface area (Å²) >= 11 is 0. The molecule has 1 aliphatic carbocycles. The molecule has 108 valence electrons. The van der Waals surface area contributed by atoms with Crippen LogP contribution < -0.4 is 4.74 Å². The number of halogens is 1. The van der Waals surface area contributed by atoms with Crippen LogP contribution in [0, 0.1) is 0 Å². The number of hydrogen-bond acceptors (Lipinski definition) is 3. The zero-order valence-electron chi connectivity index (χ0n) is 12.2. The molecule has 1 aromatic carbocycles. The molecule has 0 unspecified atom stereocenters. The predicted octanol–water partition coefficient (Wildman–Crippen LogP) is 4.00. The van der Waals surface area contributed by atoms with Gasteiger partial charge in [-0.1, -0.05) is 18.9 Å². The van der Waals surface area contributed by atoms with Crippen LogP contribution in [0.2, 0.25) is 0 Å². The third kappa shape index (κ3) is 2.61. The molecule has 0 atom stereocenters. The number of rotatable bonds is 4. The quantitative estimate of drug-likeness (QED) is 0.616. The molecule has 0 bridgehead atoms. The maximum absolute atomic E-state index is 14.2. The number of nitrogens with zero attached hydrogens (tertiary/aromatic N) is 1. The minimum atomic E-state index is -1.44. The van der Waals surface area contributed by atoms with E-state index in [-0.39, 0.29) is 0 Å². The van der Waals surface area contributed by atoms with Crippen molar-refractivity contribution >= 4 is 6.08 Å². The summed E-state index contributed by atoms with van der Waals surface area (Å²) in [5.74, 6) is 0.652. The molecule has 3 nitrogen and oxygen atoms in total. The summed E-state index contributed by atoms with van der Waals surface area (Å²) in [5.41, 5.74) is -0.676. The standard InChI is InChI=1S/C16H20FNO2/c1-15(2,17)12-6-7-14(20-3)13(10-12)16(18-11-19)8-4-5-9-16/h6-7,10H,4-5,8-9H2,1-3H3. The molecule has 0 radical (unpaired) electrons. The predicted molar refractivity (Wildman–Crippen MR) is 75.4 cm³/mol. The minimum Gasteiger partial charge on any atom is -0.496 e. The monoisotopic (exact) mass is 277 g/mol. The molecule has 0 spiro atoms. The molecular weight excluding hydrogens is 257 g/mol. The van der Waals surface area contributed by atoms with Gasteiger partial charge < -0.3 is 4.74 Å². The summed E-state index contributed by atoms with van der Waals surface area (Å²) in [6, 6.07) is 5.26. The maximum Gasteiger partial charge on any atom is 0.235 e. The van der Waals surface area contributed by atoms with Crippen LogP contribution in [0.3, 0.4) is 0 Å². The van der Waals surface area contributed by atoms with Crippen molar-refractivity contribution in [3.8, 4) is 5.75 Å². The molecule has 0 amide bonds. The van der Waals surface area contributed by atoms with Crippen molar-refractivity contribution in [2.75, 3.05) is 7.11 Å². The van der Waals surface area contributed by atoms with Gasteiger partial charge in [-0.05, 0) is 44.4 Å². The lowest BCUT2D eigenvalue weighted by atomic mass is 9.85. The van der Waals surface area contributed by atoms with Crippen LogP contribution in [0.15, 0.2) is 23.2 Å². The zero-order chi connectivity index (χ0) is 14.8. The lowest BCUT2D eigenvalue weighted by molar-refractivity contribution is 0.220. The van der Waals surface area contributed by atoms with Gasteiger partial charge in [-0.3, -0.25) is 0 Å². The summed E-state index contributed by atoms with van der Waals surface area (Å²) in [7, 11) is 1.58. The third-order valence-electron chi connectivity index (χ3n) is 4.08. The molecule has 2 rings (SSSR count). The van der Waals surface area contributed by atoms with Crippen molar-refractivity contribution in [1.82, 2.24) is 0 Å². The lowest BCUT2D eigenvalue weighted by Gasteiger charge is -2.27. The van der Waals surface area contributed by atoms with Crippen molar-refractivity contribution in [2.24, 2.45) is 4.99 Å². The van der Waals surface area contributed by atoms with Gasteiger partial charge in [0, 0.05) is 5.56 Å². The highest BCUT2D eigenvalue weighted by Gasteiger charge is 2.39. The fourth-order valence-electron chi connectivity index (χ4n) is 2.93. The van der Waals surface area contributed by atoms with Crippen molar-refractivity contribution in [1.29, 1.82) is 0 Å². The first-order valence-corrected chi connectivity index (χ1v) is 6.90. The van der Waals surface area contributed by atoms with Gasteiger partial charge in [-0.2, -0.15) is 4.99 Å². The molecule has 0 aliphatic heterocycles. The van der Waals surface area contributed by atoms with Gasteiger partial charge in [0.15, 0.2) is 0 Å². The molecule has 1 aromatic rings. The summed E-state index contributed by atoms with van der Waals surface area (Å²) in [6.07, 6.45) is 5.22. The smallest absolute Gasteiger partial charge is 0.235 e. The van der Waals surface area contributed by atoms with Crippen molar-refractivity contribution in [2.45, 2.75) is 50.7 Å². The Balaban J connectivity index is 2.60. The van der Waals surface area contributed by atoms with Crippen LogP contribution in [-0.4, -0.2) is 13.2 Å². The minimum absolute atomic E-state index is 0.570. The Morgan fingerprint density at radius 1 is 1.35 bits per heavy atom. The second kappa shape index (κ2) is 5.37. The Hall–Kier alpha value is -1.67. The summed E-state index contributed by atoms with van der Waals surface area (Å²) in [4.78, 5) is 14.9. The second-order valence-electron chi connectivity index (χ2n) is 5.83. The van der Waals surface area contributed by atoms with E-state index in [1.54, 1.807) is 31.4 Å². The molecule has 1 saturated carbocycles. The first kappa shape index (κ1) is 14.7. The molecule has 0 N–H and O–H groups in total. The largest absolute Gasteiger partial charge is 0.496 e. The van der Waals surface area contributed by atoms with E-state index in [2.05, 4.69) is 4.99 Å². The molecule has 0 heterocycles. The number of hydrogen-bond donors (Lipinski definition) is 0. The van der Waals surface area contributed by atoms with E-state index in [0.717, 1.165) is 31.2 Å². The van der Waals surface area contributed by atoms with Crippen LogP contribution in [0.1, 0.15) is 50.7 Å². The van der Waals surface area contributed by atoms with E-state index in [4.69, 9.17) is 4.74 Å². The Morgan fingerprint density at radius 2 is 2.00 bits per heavy atom. The van der Waals surface area contributed by atoms with E-state index in [0.29, 0.717) is 11.3 Å². The highest BCUT2D eigenvalue weighted by Crippen LogP contribution is 2.46. The number of isocyanates is 1. The molecule has 0 saturated heterocycles. The summed E-state index contributed by atoms with van der Waals surface area (Å²) < 4.78 is 19.6. The van der Waals surface area contributed by atoms with Gasteiger partial charge in [0.1, 0.15) is 17.0 Å². The first-order valence-electron chi connectivity index (χ1n) is 6.90. The van der Waals surface area contributed by atoms with Crippen LogP contribution in [0.5, 0.6) is 5.75 Å². The van der Waals surface area contributed by atoms with Crippen LogP contribution in [-0.2, 0) is 16.0 Å². The second-order valence-corrected chi connectivity index (χ2v) is 5.83. The van der Waals surface area contributed by atoms with E-state index in [1.165, 1.54) is 13.8 Å². The van der Waals surface area contributed by atoms with E-state index in [1.807, 2.05) is 0 Å². The Labute approximate surface area is 118 Å². The Morgan fingerprint density at radius 3 is 2.50 bits per heavy atom. The van der Waals surface area contributed by atoms with Gasteiger partial charge in [-0.15, -0.1) is 0 Å². The fourth-order valence-corrected chi connectivity index (χ4v) is 2.93. The van der Waals surface area contributed by atoms with Gasteiger partial charge in [-0.25, -0.2) is 9.18 Å². The highest BCUT2D eigenvalue weighted by molar-refractivity contribution is 5.47. The number of aliphatic imine (C=N–C) groups is 1. The Kier molecular flexibility index (Phi) is 3.96. The maximum atomic E-state index is 14.2. The van der Waals surface area contributed by atoms with Crippen LogP contribution in [0.4, 0.5) is 4.39 Å². The first-order chi connectivity index (χ1) is 9.43. The average Bonchev–Trinajstić information content (AvgIpc) is 2.87. The molecule has 20 heavy (non-hydrogen) atoms. The summed E-state index contributed by atoms with van der Waals surface area (Å²) in [5, 5.41) is 0. The number of ether oxygens (including phenoxy) is 1. The molecule has 0 aromatic heterocycles. The van der Waals surface area contributed by atoms with Crippen molar-refractivity contribution in [3.05, 3.63) is 29.3 Å². The van der Waals surface area contributed by atoms with Crippen LogP contribution in [0.25, 0.3) is 0 Å². The molecule has 1 fully saturated rings.